The monoisotopic (exact) mass is 261 g/mol. The minimum Gasteiger partial charge on any atom is -0.399 e. The first-order valence-electron chi connectivity index (χ1n) is 6.72. The van der Waals surface area contributed by atoms with E-state index in [2.05, 4.69) is 13.8 Å². The lowest BCUT2D eigenvalue weighted by atomic mass is 10.0. The van der Waals surface area contributed by atoms with Crippen molar-refractivity contribution in [3.63, 3.8) is 0 Å². The first kappa shape index (κ1) is 13.7. The third kappa shape index (κ3) is 2.53. The largest absolute Gasteiger partial charge is 0.399 e. The third-order valence-corrected chi connectivity index (χ3v) is 3.88. The zero-order valence-electron chi connectivity index (χ0n) is 12.2. The second kappa shape index (κ2) is 4.76. The Kier molecular flexibility index (Phi) is 3.43. The summed E-state index contributed by atoms with van der Waals surface area (Å²) in [5, 5.41) is 0. The van der Waals surface area contributed by atoms with Gasteiger partial charge in [0.05, 0.1) is 5.56 Å². The van der Waals surface area contributed by atoms with Crippen molar-refractivity contribution in [2.45, 2.75) is 32.2 Å². The predicted octanol–water partition coefficient (Wildman–Crippen LogP) is 2.35. The second-order valence-electron chi connectivity index (χ2n) is 6.04. The highest BCUT2D eigenvalue weighted by atomic mass is 16.2. The van der Waals surface area contributed by atoms with Gasteiger partial charge in [0, 0.05) is 37.6 Å². The first-order valence-corrected chi connectivity index (χ1v) is 6.72. The number of nitrogens with two attached hydrogens (primary N) is 1. The quantitative estimate of drug-likeness (QED) is 0.831. The number of hydrogen-bond acceptors (Lipinski definition) is 3. The number of benzene rings is 1. The third-order valence-electron chi connectivity index (χ3n) is 3.88. The van der Waals surface area contributed by atoms with Gasteiger partial charge >= 0.3 is 0 Å². The number of carbonyl (C=O) groups is 1. The normalized spacial score (nSPS) is 17.6. The van der Waals surface area contributed by atoms with Gasteiger partial charge in [-0.05, 0) is 44.9 Å². The van der Waals surface area contributed by atoms with Crippen LogP contribution in [0.15, 0.2) is 18.2 Å². The van der Waals surface area contributed by atoms with Crippen LogP contribution in [-0.2, 0) is 0 Å². The highest BCUT2D eigenvalue weighted by Crippen LogP contribution is 2.32. The topological polar surface area (TPSA) is 49.6 Å². The van der Waals surface area contributed by atoms with Crippen LogP contribution in [0.5, 0.6) is 0 Å². The number of amides is 1. The van der Waals surface area contributed by atoms with Gasteiger partial charge in [-0.15, -0.1) is 0 Å². The summed E-state index contributed by atoms with van der Waals surface area (Å²) in [5.74, 6) is 0.0819. The molecule has 0 saturated carbocycles. The van der Waals surface area contributed by atoms with Crippen LogP contribution in [0.4, 0.5) is 11.4 Å². The number of anilines is 2. The first-order chi connectivity index (χ1) is 8.83. The van der Waals surface area contributed by atoms with Gasteiger partial charge in [0.2, 0.25) is 0 Å². The van der Waals surface area contributed by atoms with E-state index in [-0.39, 0.29) is 11.4 Å². The molecule has 0 atom stereocenters. The number of carbonyl (C=O) groups excluding carboxylic acids is 1. The molecule has 0 unspecified atom stereocenters. The van der Waals surface area contributed by atoms with E-state index in [0.29, 0.717) is 11.3 Å². The van der Waals surface area contributed by atoms with Crippen molar-refractivity contribution in [3.8, 4) is 0 Å². The van der Waals surface area contributed by atoms with E-state index in [1.807, 2.05) is 36.0 Å². The fraction of sp³-hybridized carbons (Fsp3) is 0.533. The molecule has 19 heavy (non-hydrogen) atoms. The van der Waals surface area contributed by atoms with Crippen molar-refractivity contribution in [2.75, 3.05) is 31.3 Å². The van der Waals surface area contributed by atoms with Crippen molar-refractivity contribution in [2.24, 2.45) is 0 Å². The van der Waals surface area contributed by atoms with Crippen molar-refractivity contribution < 1.29 is 4.79 Å². The molecule has 2 rings (SSSR count). The summed E-state index contributed by atoms with van der Waals surface area (Å²) in [4.78, 5) is 16.7. The lowest BCUT2D eigenvalue weighted by Gasteiger charge is -2.32. The molecule has 1 fully saturated rings. The van der Waals surface area contributed by atoms with E-state index < -0.39 is 0 Å². The average Bonchev–Trinajstić information content (AvgIpc) is 2.67. The van der Waals surface area contributed by atoms with Crippen LogP contribution >= 0.6 is 0 Å². The predicted molar refractivity (Wildman–Crippen MR) is 79.5 cm³/mol. The second-order valence-corrected chi connectivity index (χ2v) is 6.04. The molecule has 0 radical (unpaired) electrons. The lowest BCUT2D eigenvalue weighted by molar-refractivity contribution is 0.0652. The Labute approximate surface area is 115 Å². The maximum Gasteiger partial charge on any atom is 0.256 e. The Hall–Kier alpha value is -1.71. The number of nitrogen functional groups attached to an aromatic ring is 1. The summed E-state index contributed by atoms with van der Waals surface area (Å²) in [5.41, 5.74) is 8.02. The van der Waals surface area contributed by atoms with Gasteiger partial charge in [-0.2, -0.15) is 0 Å². The highest BCUT2D eigenvalue weighted by Gasteiger charge is 2.36. The van der Waals surface area contributed by atoms with Crippen LogP contribution < -0.4 is 10.6 Å². The van der Waals surface area contributed by atoms with Crippen molar-refractivity contribution in [3.05, 3.63) is 23.8 Å². The average molecular weight is 261 g/mol. The summed E-state index contributed by atoms with van der Waals surface area (Å²) >= 11 is 0. The maximum atomic E-state index is 12.8. The number of likely N-dealkylation sites (tertiary alicyclic amines) is 1. The molecular weight excluding hydrogens is 238 g/mol. The van der Waals surface area contributed by atoms with E-state index in [4.69, 9.17) is 5.73 Å². The van der Waals surface area contributed by atoms with E-state index in [9.17, 15) is 4.79 Å². The van der Waals surface area contributed by atoms with E-state index in [1.165, 1.54) is 0 Å². The molecule has 1 aromatic carbocycles. The van der Waals surface area contributed by atoms with Crippen LogP contribution in [-0.4, -0.2) is 37.0 Å². The molecule has 1 aliphatic heterocycles. The Balaban J connectivity index is 2.41. The number of nitrogens with zero attached hydrogens (tertiary/aromatic N) is 2. The van der Waals surface area contributed by atoms with Crippen LogP contribution in [0.2, 0.25) is 0 Å². The molecular formula is C15H23N3O. The van der Waals surface area contributed by atoms with Crippen molar-refractivity contribution >= 4 is 17.3 Å². The molecule has 1 heterocycles. The van der Waals surface area contributed by atoms with Crippen LogP contribution in [0, 0.1) is 0 Å². The molecule has 1 aliphatic rings. The van der Waals surface area contributed by atoms with E-state index >= 15 is 0 Å². The van der Waals surface area contributed by atoms with Gasteiger partial charge in [-0.3, -0.25) is 4.79 Å². The summed E-state index contributed by atoms with van der Waals surface area (Å²) in [6, 6.07) is 5.53. The number of hydrogen-bond donors (Lipinski definition) is 1. The van der Waals surface area contributed by atoms with Gasteiger partial charge in [-0.25, -0.2) is 0 Å². The molecule has 1 aromatic rings. The zero-order chi connectivity index (χ0) is 14.2. The van der Waals surface area contributed by atoms with Crippen molar-refractivity contribution in [1.82, 2.24) is 4.90 Å². The fourth-order valence-corrected chi connectivity index (χ4v) is 2.74. The Bertz CT molecular complexity index is 494. The minimum absolute atomic E-state index is 0.0642. The standard InChI is InChI=1S/C15H23N3O/c1-15(2)8-5-9-18(15)14(19)12-10-11(16)6-7-13(12)17(3)4/h6-7,10H,5,8-9,16H2,1-4H3. The molecule has 104 valence electrons. The molecule has 0 spiro atoms. The Morgan fingerprint density at radius 1 is 1.37 bits per heavy atom. The summed E-state index contributed by atoms with van der Waals surface area (Å²) in [6.07, 6.45) is 2.12. The molecule has 4 nitrogen and oxygen atoms in total. The smallest absolute Gasteiger partial charge is 0.256 e. The molecule has 4 heteroatoms. The van der Waals surface area contributed by atoms with Gasteiger partial charge in [0.1, 0.15) is 0 Å². The summed E-state index contributed by atoms with van der Waals surface area (Å²) in [6.45, 7) is 5.08. The van der Waals surface area contributed by atoms with Gasteiger partial charge in [0.15, 0.2) is 0 Å². The molecule has 0 aliphatic carbocycles. The molecule has 1 amide bonds. The van der Waals surface area contributed by atoms with Crippen LogP contribution in [0.3, 0.4) is 0 Å². The summed E-state index contributed by atoms with van der Waals surface area (Å²) < 4.78 is 0. The van der Waals surface area contributed by atoms with Crippen LogP contribution in [0.25, 0.3) is 0 Å². The zero-order valence-corrected chi connectivity index (χ0v) is 12.2. The highest BCUT2D eigenvalue weighted by molar-refractivity contribution is 6.01. The van der Waals surface area contributed by atoms with Gasteiger partial charge in [-0.1, -0.05) is 0 Å². The Morgan fingerprint density at radius 3 is 2.58 bits per heavy atom. The van der Waals surface area contributed by atoms with Gasteiger partial charge < -0.3 is 15.5 Å². The lowest BCUT2D eigenvalue weighted by Crippen LogP contribution is -2.43. The Morgan fingerprint density at radius 2 is 2.05 bits per heavy atom. The maximum absolute atomic E-state index is 12.8. The molecule has 1 saturated heterocycles. The van der Waals surface area contributed by atoms with E-state index in [1.54, 1.807) is 6.07 Å². The molecule has 2 N–H and O–H groups in total. The van der Waals surface area contributed by atoms with E-state index in [0.717, 1.165) is 25.1 Å². The minimum atomic E-state index is -0.0642. The molecule has 0 aromatic heterocycles. The number of rotatable bonds is 2. The van der Waals surface area contributed by atoms with Gasteiger partial charge in [0.25, 0.3) is 5.91 Å². The fourth-order valence-electron chi connectivity index (χ4n) is 2.74. The summed E-state index contributed by atoms with van der Waals surface area (Å²) in [7, 11) is 3.88. The van der Waals surface area contributed by atoms with Crippen molar-refractivity contribution in [1.29, 1.82) is 0 Å². The van der Waals surface area contributed by atoms with Crippen LogP contribution in [0.1, 0.15) is 37.0 Å². The molecule has 0 bridgehead atoms. The SMILES string of the molecule is CN(C)c1ccc(N)cc1C(=O)N1CCCC1(C)C.